The fourth-order valence-electron chi connectivity index (χ4n) is 2.68. The zero-order valence-electron chi connectivity index (χ0n) is 11.5. The van der Waals surface area contributed by atoms with Crippen LogP contribution in [0.2, 0.25) is 5.02 Å². The summed E-state index contributed by atoms with van der Waals surface area (Å²) in [6, 6.07) is 2.91. The van der Waals surface area contributed by atoms with Gasteiger partial charge in [-0.2, -0.15) is 0 Å². The van der Waals surface area contributed by atoms with Crippen molar-refractivity contribution in [2.24, 2.45) is 0 Å². The molecule has 1 aromatic carbocycles. The number of aromatic nitrogens is 2. The second-order valence-electron chi connectivity index (χ2n) is 5.19. The molecule has 4 nitrogen and oxygen atoms in total. The number of ether oxygens (including phenoxy) is 2. The van der Waals surface area contributed by atoms with Crippen molar-refractivity contribution in [3.8, 4) is 0 Å². The van der Waals surface area contributed by atoms with Gasteiger partial charge in [0, 0.05) is 26.2 Å². The molecule has 1 atom stereocenters. The molecule has 2 heterocycles. The third-order valence-corrected chi connectivity index (χ3v) is 4.46. The minimum atomic E-state index is -0.472. The minimum absolute atomic E-state index is 0.0546. The molecule has 2 aromatic rings. The van der Waals surface area contributed by atoms with Crippen molar-refractivity contribution in [1.29, 1.82) is 0 Å². The fraction of sp³-hybridized carbons (Fsp3) is 0.500. The van der Waals surface area contributed by atoms with Gasteiger partial charge < -0.3 is 14.0 Å². The normalized spacial score (nSPS) is 22.3. The minimum Gasteiger partial charge on any atom is -0.378 e. The number of nitrogens with zero attached hydrogens (tertiary/aromatic N) is 2. The standard InChI is InChI=1S/C14H15Cl2FN2O2/c1-20-14(2-3-21-8-14)7-19-12-5-10(17)9(16)4-11(12)18-13(19)6-15/h4-5H,2-3,6-8H2,1H3. The highest BCUT2D eigenvalue weighted by atomic mass is 35.5. The molecule has 21 heavy (non-hydrogen) atoms. The first-order chi connectivity index (χ1) is 10.1. The van der Waals surface area contributed by atoms with Crippen molar-refractivity contribution in [2.75, 3.05) is 20.3 Å². The molecule has 1 aromatic heterocycles. The van der Waals surface area contributed by atoms with Crippen LogP contribution in [-0.4, -0.2) is 35.5 Å². The van der Waals surface area contributed by atoms with Crippen molar-refractivity contribution < 1.29 is 13.9 Å². The number of halogens is 3. The van der Waals surface area contributed by atoms with Crippen LogP contribution in [0.25, 0.3) is 11.0 Å². The molecule has 1 fully saturated rings. The fourth-order valence-corrected chi connectivity index (χ4v) is 3.04. The highest BCUT2D eigenvalue weighted by molar-refractivity contribution is 6.31. The van der Waals surface area contributed by atoms with Gasteiger partial charge in [0.2, 0.25) is 0 Å². The van der Waals surface area contributed by atoms with E-state index in [1.54, 1.807) is 7.11 Å². The third-order valence-electron chi connectivity index (χ3n) is 3.94. The van der Waals surface area contributed by atoms with Crippen LogP contribution in [0.1, 0.15) is 12.2 Å². The summed E-state index contributed by atoms with van der Waals surface area (Å²) in [7, 11) is 1.66. The van der Waals surface area contributed by atoms with Gasteiger partial charge in [0.05, 0.1) is 35.1 Å². The summed E-state index contributed by atoms with van der Waals surface area (Å²) in [6.45, 7) is 1.67. The van der Waals surface area contributed by atoms with Gasteiger partial charge >= 0.3 is 0 Å². The molecule has 3 rings (SSSR count). The van der Waals surface area contributed by atoms with Gasteiger partial charge in [0.15, 0.2) is 0 Å². The van der Waals surface area contributed by atoms with Crippen LogP contribution >= 0.6 is 23.2 Å². The number of hydrogen-bond donors (Lipinski definition) is 0. The van der Waals surface area contributed by atoms with Gasteiger partial charge in [-0.15, -0.1) is 11.6 Å². The van der Waals surface area contributed by atoms with Gasteiger partial charge in [0.25, 0.3) is 0 Å². The lowest BCUT2D eigenvalue weighted by atomic mass is 10.0. The zero-order valence-corrected chi connectivity index (χ0v) is 13.0. The Labute approximate surface area is 131 Å². The van der Waals surface area contributed by atoms with Crippen molar-refractivity contribution in [1.82, 2.24) is 9.55 Å². The van der Waals surface area contributed by atoms with Crippen LogP contribution in [0.4, 0.5) is 4.39 Å². The van der Waals surface area contributed by atoms with Crippen LogP contribution in [0.3, 0.4) is 0 Å². The molecule has 114 valence electrons. The van der Waals surface area contributed by atoms with E-state index in [2.05, 4.69) is 4.98 Å². The summed E-state index contributed by atoms with van der Waals surface area (Å²) < 4.78 is 26.7. The van der Waals surface area contributed by atoms with E-state index in [-0.39, 0.29) is 10.9 Å². The zero-order chi connectivity index (χ0) is 15.0. The monoisotopic (exact) mass is 332 g/mol. The molecule has 1 aliphatic heterocycles. The highest BCUT2D eigenvalue weighted by Crippen LogP contribution is 2.30. The average molecular weight is 333 g/mol. The Bertz CT molecular complexity index is 669. The highest BCUT2D eigenvalue weighted by Gasteiger charge is 2.36. The number of fused-ring (bicyclic) bond motifs is 1. The maximum absolute atomic E-state index is 13.8. The van der Waals surface area contributed by atoms with Gasteiger partial charge in [-0.25, -0.2) is 9.37 Å². The summed E-state index contributed by atoms with van der Waals surface area (Å²) in [5, 5.41) is 0.0546. The second kappa shape index (κ2) is 5.72. The van der Waals surface area contributed by atoms with Crippen LogP contribution in [0.5, 0.6) is 0 Å². The molecule has 0 radical (unpaired) electrons. The molecule has 0 N–H and O–H groups in total. The number of hydrogen-bond acceptors (Lipinski definition) is 3. The maximum Gasteiger partial charge on any atom is 0.144 e. The first-order valence-electron chi connectivity index (χ1n) is 6.61. The first kappa shape index (κ1) is 15.0. The maximum atomic E-state index is 13.8. The number of imidazole rings is 1. The van der Waals surface area contributed by atoms with Crippen molar-refractivity contribution in [3.63, 3.8) is 0 Å². The van der Waals surface area contributed by atoms with E-state index in [0.29, 0.717) is 36.6 Å². The molecular weight excluding hydrogens is 318 g/mol. The molecule has 7 heteroatoms. The van der Waals surface area contributed by atoms with Crippen molar-refractivity contribution >= 4 is 34.2 Å². The average Bonchev–Trinajstić information content (AvgIpc) is 3.07. The Balaban J connectivity index is 2.09. The van der Waals surface area contributed by atoms with E-state index in [4.69, 9.17) is 32.7 Å². The first-order valence-corrected chi connectivity index (χ1v) is 7.53. The lowest BCUT2D eigenvalue weighted by Gasteiger charge is -2.27. The lowest BCUT2D eigenvalue weighted by molar-refractivity contribution is -0.0291. The molecule has 1 unspecified atom stereocenters. The molecule has 0 spiro atoms. The Morgan fingerprint density at radius 1 is 1.52 bits per heavy atom. The molecule has 0 saturated carbocycles. The van der Waals surface area contributed by atoms with Crippen LogP contribution in [0, 0.1) is 5.82 Å². The van der Waals surface area contributed by atoms with E-state index in [0.717, 1.165) is 6.42 Å². The molecular formula is C14H15Cl2FN2O2. The summed E-state index contributed by atoms with van der Waals surface area (Å²) in [5.41, 5.74) is 0.864. The van der Waals surface area contributed by atoms with Crippen LogP contribution in [0.15, 0.2) is 12.1 Å². The predicted molar refractivity (Wildman–Crippen MR) is 79.4 cm³/mol. The Kier molecular flexibility index (Phi) is 4.10. The van der Waals surface area contributed by atoms with E-state index >= 15 is 0 Å². The predicted octanol–water partition coefficient (Wildman–Crippen LogP) is 3.37. The molecule has 0 bridgehead atoms. The molecule has 1 saturated heterocycles. The topological polar surface area (TPSA) is 36.3 Å². The van der Waals surface area contributed by atoms with E-state index < -0.39 is 11.4 Å². The van der Waals surface area contributed by atoms with Crippen molar-refractivity contribution in [2.45, 2.75) is 24.4 Å². The Morgan fingerprint density at radius 2 is 2.33 bits per heavy atom. The SMILES string of the molecule is COC1(Cn2c(CCl)nc3cc(Cl)c(F)cc32)CCOC1. The van der Waals surface area contributed by atoms with Gasteiger partial charge in [-0.3, -0.25) is 0 Å². The largest absolute Gasteiger partial charge is 0.378 e. The second-order valence-corrected chi connectivity index (χ2v) is 5.87. The number of alkyl halides is 1. The quantitative estimate of drug-likeness (QED) is 0.805. The number of rotatable bonds is 4. The van der Waals surface area contributed by atoms with E-state index in [1.165, 1.54) is 12.1 Å². The number of methoxy groups -OCH3 is 1. The Hall–Kier alpha value is -0.880. The summed E-state index contributed by atoms with van der Waals surface area (Å²) in [5.74, 6) is 0.423. The van der Waals surface area contributed by atoms with Crippen molar-refractivity contribution in [3.05, 3.63) is 28.8 Å². The van der Waals surface area contributed by atoms with Gasteiger partial charge in [-0.1, -0.05) is 11.6 Å². The third kappa shape index (κ3) is 2.63. The summed E-state index contributed by atoms with van der Waals surface area (Å²) in [6.07, 6.45) is 0.779. The molecule has 1 aliphatic rings. The Morgan fingerprint density at radius 3 is 2.95 bits per heavy atom. The summed E-state index contributed by atoms with van der Waals surface area (Å²) >= 11 is 11.8. The smallest absolute Gasteiger partial charge is 0.144 e. The molecule has 0 aliphatic carbocycles. The summed E-state index contributed by atoms with van der Waals surface area (Å²) in [4.78, 5) is 4.42. The van der Waals surface area contributed by atoms with Gasteiger partial charge in [0.1, 0.15) is 17.2 Å². The van der Waals surface area contributed by atoms with E-state index in [9.17, 15) is 4.39 Å². The van der Waals surface area contributed by atoms with Gasteiger partial charge in [-0.05, 0) is 6.07 Å². The van der Waals surface area contributed by atoms with Crippen LogP contribution in [-0.2, 0) is 21.9 Å². The number of benzene rings is 1. The van der Waals surface area contributed by atoms with Crippen LogP contribution < -0.4 is 0 Å². The molecule has 0 amide bonds. The van der Waals surface area contributed by atoms with E-state index in [1.807, 2.05) is 4.57 Å². The lowest BCUT2D eigenvalue weighted by Crippen LogP contribution is -2.37.